The second kappa shape index (κ2) is 7.61. The van der Waals surface area contributed by atoms with Crippen LogP contribution in [0.2, 0.25) is 0 Å². The van der Waals surface area contributed by atoms with Gasteiger partial charge < -0.3 is 19.9 Å². The van der Waals surface area contributed by atoms with Crippen molar-refractivity contribution in [3.05, 3.63) is 23.9 Å². The van der Waals surface area contributed by atoms with Crippen LogP contribution in [0.5, 0.6) is 0 Å². The van der Waals surface area contributed by atoms with E-state index in [4.69, 9.17) is 4.74 Å². The molecule has 7 heteroatoms. The summed E-state index contributed by atoms with van der Waals surface area (Å²) in [4.78, 5) is 32.9. The molecular formula is C17H24N4O3. The zero-order valence-electron chi connectivity index (χ0n) is 14.0. The third kappa shape index (κ3) is 3.67. The Morgan fingerprint density at radius 3 is 2.96 bits per heavy atom. The summed E-state index contributed by atoms with van der Waals surface area (Å²) in [5.74, 6) is 0.635. The number of likely N-dealkylation sites (tertiary alicyclic amines) is 1. The normalized spacial score (nSPS) is 21.2. The van der Waals surface area contributed by atoms with E-state index in [2.05, 4.69) is 15.2 Å². The van der Waals surface area contributed by atoms with Gasteiger partial charge in [-0.15, -0.1) is 0 Å². The quantitative estimate of drug-likeness (QED) is 0.857. The number of morpholine rings is 1. The van der Waals surface area contributed by atoms with Crippen LogP contribution in [0.1, 0.15) is 30.1 Å². The van der Waals surface area contributed by atoms with Gasteiger partial charge >= 0.3 is 0 Å². The Kier molecular flexibility index (Phi) is 5.30. The predicted molar refractivity (Wildman–Crippen MR) is 90.0 cm³/mol. The molecule has 24 heavy (non-hydrogen) atoms. The Balaban J connectivity index is 1.68. The highest BCUT2D eigenvalue weighted by atomic mass is 16.5. The number of carbonyl (C=O) groups is 2. The number of hydrogen-bond acceptors (Lipinski definition) is 5. The fourth-order valence-corrected chi connectivity index (χ4v) is 3.22. The first-order chi connectivity index (χ1) is 11.7. The van der Waals surface area contributed by atoms with E-state index in [9.17, 15) is 9.59 Å². The van der Waals surface area contributed by atoms with E-state index in [1.54, 1.807) is 18.3 Å². The molecule has 0 aliphatic carbocycles. The molecule has 1 aromatic heterocycles. The number of hydrogen-bond donors (Lipinski definition) is 1. The summed E-state index contributed by atoms with van der Waals surface area (Å²) in [5, 5.41) is 2.99. The minimum atomic E-state index is -0.166. The Labute approximate surface area is 142 Å². The lowest BCUT2D eigenvalue weighted by molar-refractivity contribution is -0.127. The van der Waals surface area contributed by atoms with Crippen molar-refractivity contribution in [2.24, 2.45) is 0 Å². The van der Waals surface area contributed by atoms with Crippen LogP contribution in [0.3, 0.4) is 0 Å². The van der Waals surface area contributed by atoms with Crippen LogP contribution >= 0.6 is 0 Å². The van der Waals surface area contributed by atoms with Crippen molar-refractivity contribution in [3.8, 4) is 0 Å². The van der Waals surface area contributed by atoms with Crippen LogP contribution in [0, 0.1) is 0 Å². The largest absolute Gasteiger partial charge is 0.378 e. The molecule has 0 radical (unpaired) electrons. The minimum Gasteiger partial charge on any atom is -0.378 e. The maximum atomic E-state index is 12.7. The molecule has 1 atom stereocenters. The smallest absolute Gasteiger partial charge is 0.255 e. The van der Waals surface area contributed by atoms with Gasteiger partial charge in [0, 0.05) is 38.8 Å². The first-order valence-corrected chi connectivity index (χ1v) is 8.55. The van der Waals surface area contributed by atoms with Gasteiger partial charge in [-0.05, 0) is 18.6 Å². The van der Waals surface area contributed by atoms with Crippen molar-refractivity contribution in [2.45, 2.75) is 25.8 Å². The Hall–Kier alpha value is -2.15. The van der Waals surface area contributed by atoms with E-state index >= 15 is 0 Å². The Bertz CT molecular complexity index is 601. The molecule has 1 N–H and O–H groups in total. The number of pyridine rings is 1. The summed E-state index contributed by atoms with van der Waals surface area (Å²) >= 11 is 0. The maximum Gasteiger partial charge on any atom is 0.255 e. The zero-order chi connectivity index (χ0) is 16.9. The molecule has 0 saturated carbocycles. The van der Waals surface area contributed by atoms with Crippen molar-refractivity contribution < 1.29 is 14.3 Å². The van der Waals surface area contributed by atoms with Crippen LogP contribution < -0.4 is 10.2 Å². The van der Waals surface area contributed by atoms with Crippen molar-refractivity contribution in [2.75, 3.05) is 44.3 Å². The van der Waals surface area contributed by atoms with Gasteiger partial charge in [0.25, 0.3) is 5.91 Å². The van der Waals surface area contributed by atoms with Crippen LogP contribution in [0.15, 0.2) is 18.3 Å². The molecule has 0 aromatic carbocycles. The second-order valence-electron chi connectivity index (χ2n) is 6.19. The van der Waals surface area contributed by atoms with E-state index < -0.39 is 0 Å². The van der Waals surface area contributed by atoms with E-state index in [1.807, 2.05) is 11.8 Å². The third-order valence-electron chi connectivity index (χ3n) is 4.39. The molecule has 2 saturated heterocycles. The average molecular weight is 332 g/mol. The number of amides is 2. The number of nitrogens with zero attached hydrogens (tertiary/aromatic N) is 3. The summed E-state index contributed by atoms with van der Waals surface area (Å²) in [5.41, 5.74) is 0.556. The molecule has 1 aromatic rings. The molecule has 2 fully saturated rings. The lowest BCUT2D eigenvalue weighted by Crippen LogP contribution is -2.40. The fourth-order valence-electron chi connectivity index (χ4n) is 3.22. The molecule has 0 bridgehead atoms. The number of nitrogens with one attached hydrogen (secondary N) is 1. The van der Waals surface area contributed by atoms with Crippen molar-refractivity contribution in [1.82, 2.24) is 15.2 Å². The number of carbonyl (C=O) groups excluding carboxylic acids is 2. The Morgan fingerprint density at radius 1 is 1.42 bits per heavy atom. The van der Waals surface area contributed by atoms with Crippen LogP contribution in [0.4, 0.5) is 5.82 Å². The van der Waals surface area contributed by atoms with Gasteiger partial charge in [0.05, 0.1) is 24.8 Å². The summed E-state index contributed by atoms with van der Waals surface area (Å²) in [7, 11) is 0. The van der Waals surface area contributed by atoms with E-state index in [1.165, 1.54) is 0 Å². The molecule has 3 heterocycles. The lowest BCUT2D eigenvalue weighted by atomic mass is 10.2. The topological polar surface area (TPSA) is 74.8 Å². The highest BCUT2D eigenvalue weighted by molar-refractivity contribution is 5.99. The first kappa shape index (κ1) is 16.7. The maximum absolute atomic E-state index is 12.7. The molecule has 2 amide bonds. The van der Waals surface area contributed by atoms with Gasteiger partial charge in [-0.25, -0.2) is 4.98 Å². The predicted octanol–water partition coefficient (Wildman–Crippen LogP) is 0.659. The van der Waals surface area contributed by atoms with E-state index in [-0.39, 0.29) is 17.9 Å². The SMILES string of the molecule is CCCN1CC(NC(=O)c2cccnc2N2CCOCC2)CC1=O. The molecule has 2 aliphatic heterocycles. The van der Waals surface area contributed by atoms with Crippen molar-refractivity contribution in [1.29, 1.82) is 0 Å². The minimum absolute atomic E-state index is 0.113. The van der Waals surface area contributed by atoms with Gasteiger partial charge in [-0.2, -0.15) is 0 Å². The first-order valence-electron chi connectivity index (χ1n) is 8.55. The average Bonchev–Trinajstić information content (AvgIpc) is 2.95. The Morgan fingerprint density at radius 2 is 2.21 bits per heavy atom. The summed E-state index contributed by atoms with van der Waals surface area (Å²) in [6.07, 6.45) is 3.00. The summed E-state index contributed by atoms with van der Waals surface area (Å²) in [6, 6.07) is 3.42. The molecule has 3 rings (SSSR count). The van der Waals surface area contributed by atoms with Gasteiger partial charge in [0.15, 0.2) is 0 Å². The van der Waals surface area contributed by atoms with E-state index in [0.717, 1.165) is 26.1 Å². The fraction of sp³-hybridized carbons (Fsp3) is 0.588. The number of aromatic nitrogens is 1. The molecule has 1 unspecified atom stereocenters. The number of anilines is 1. The van der Waals surface area contributed by atoms with E-state index in [0.29, 0.717) is 37.6 Å². The highest BCUT2D eigenvalue weighted by Gasteiger charge is 2.31. The third-order valence-corrected chi connectivity index (χ3v) is 4.39. The zero-order valence-corrected chi connectivity index (χ0v) is 14.0. The second-order valence-corrected chi connectivity index (χ2v) is 6.19. The number of ether oxygens (including phenoxy) is 1. The van der Waals surface area contributed by atoms with Crippen LogP contribution in [0.25, 0.3) is 0 Å². The lowest BCUT2D eigenvalue weighted by Gasteiger charge is -2.29. The molecule has 130 valence electrons. The molecule has 2 aliphatic rings. The summed E-state index contributed by atoms with van der Waals surface area (Å²) < 4.78 is 5.36. The van der Waals surface area contributed by atoms with Gasteiger partial charge in [-0.3, -0.25) is 9.59 Å². The number of rotatable bonds is 5. The monoisotopic (exact) mass is 332 g/mol. The molecule has 7 nitrogen and oxygen atoms in total. The molecular weight excluding hydrogens is 308 g/mol. The van der Waals surface area contributed by atoms with Crippen molar-refractivity contribution in [3.63, 3.8) is 0 Å². The molecule has 0 spiro atoms. The van der Waals surface area contributed by atoms with Crippen LogP contribution in [-0.2, 0) is 9.53 Å². The van der Waals surface area contributed by atoms with Crippen molar-refractivity contribution >= 4 is 17.6 Å². The van der Waals surface area contributed by atoms with Crippen LogP contribution in [-0.4, -0.2) is 67.1 Å². The van der Waals surface area contributed by atoms with Gasteiger partial charge in [-0.1, -0.05) is 6.92 Å². The van der Waals surface area contributed by atoms with Gasteiger partial charge in [0.1, 0.15) is 5.82 Å². The van der Waals surface area contributed by atoms with Gasteiger partial charge in [0.2, 0.25) is 5.91 Å². The summed E-state index contributed by atoms with van der Waals surface area (Å²) in [6.45, 7) is 6.11. The standard InChI is InChI=1S/C17H24N4O3/c1-2-6-21-12-13(11-15(21)22)19-17(23)14-4-3-5-18-16(14)20-7-9-24-10-8-20/h3-5,13H,2,6-12H2,1H3,(H,19,23). The highest BCUT2D eigenvalue weighted by Crippen LogP contribution is 2.19.